The Morgan fingerprint density at radius 1 is 1.42 bits per heavy atom. The maximum Gasteiger partial charge on any atom is 0.322 e. The van der Waals surface area contributed by atoms with Gasteiger partial charge in [-0.2, -0.15) is 0 Å². The second-order valence-electron chi connectivity index (χ2n) is 3.74. The van der Waals surface area contributed by atoms with E-state index in [1.54, 1.807) is 19.4 Å². The van der Waals surface area contributed by atoms with Gasteiger partial charge in [0.2, 0.25) is 5.95 Å². The van der Waals surface area contributed by atoms with Gasteiger partial charge >= 0.3 is 5.97 Å². The second kappa shape index (κ2) is 5.81. The van der Waals surface area contributed by atoms with Gasteiger partial charge in [0, 0.05) is 11.8 Å². The number of nitrogens with one attached hydrogen (secondary N) is 1. The highest BCUT2D eigenvalue weighted by atomic mass is 16.5. The van der Waals surface area contributed by atoms with Crippen LogP contribution in [0, 0.1) is 0 Å². The van der Waals surface area contributed by atoms with Crippen LogP contribution in [0.1, 0.15) is 0 Å². The van der Waals surface area contributed by atoms with Crippen molar-refractivity contribution >= 4 is 11.9 Å². The largest absolute Gasteiger partial charge is 0.497 e. The lowest BCUT2D eigenvalue weighted by Crippen LogP contribution is -2.14. The average Bonchev–Trinajstić information content (AvgIpc) is 2.45. The van der Waals surface area contributed by atoms with Gasteiger partial charge in [-0.1, -0.05) is 12.1 Å². The van der Waals surface area contributed by atoms with Crippen LogP contribution in [-0.2, 0) is 4.79 Å². The van der Waals surface area contributed by atoms with E-state index < -0.39 is 5.97 Å². The van der Waals surface area contributed by atoms with E-state index in [-0.39, 0.29) is 12.5 Å². The third kappa shape index (κ3) is 3.41. The maximum absolute atomic E-state index is 10.5. The van der Waals surface area contributed by atoms with Crippen molar-refractivity contribution in [1.29, 1.82) is 0 Å². The average molecular weight is 259 g/mol. The molecule has 2 rings (SSSR count). The minimum absolute atomic E-state index is 0.221. The number of methoxy groups -OCH3 is 1. The van der Waals surface area contributed by atoms with Gasteiger partial charge in [-0.25, -0.2) is 9.97 Å². The Bertz CT molecular complexity index is 587. The highest BCUT2D eigenvalue weighted by molar-refractivity contribution is 5.72. The molecule has 0 spiro atoms. The van der Waals surface area contributed by atoms with Crippen molar-refractivity contribution in [3.8, 4) is 17.0 Å². The normalized spacial score (nSPS) is 9.95. The van der Waals surface area contributed by atoms with Gasteiger partial charge in [0.25, 0.3) is 0 Å². The van der Waals surface area contributed by atoms with Crippen molar-refractivity contribution in [2.75, 3.05) is 19.0 Å². The van der Waals surface area contributed by atoms with Crippen LogP contribution in [0.3, 0.4) is 0 Å². The summed E-state index contributed by atoms with van der Waals surface area (Å²) in [6, 6.07) is 9.20. The molecule has 98 valence electrons. The molecule has 0 aliphatic rings. The molecule has 0 radical (unpaired) electrons. The highest BCUT2D eigenvalue weighted by Gasteiger charge is 2.04. The Morgan fingerprint density at radius 2 is 2.26 bits per heavy atom. The van der Waals surface area contributed by atoms with Gasteiger partial charge in [-0.15, -0.1) is 0 Å². The summed E-state index contributed by atoms with van der Waals surface area (Å²) >= 11 is 0. The van der Waals surface area contributed by atoms with Crippen LogP contribution in [0.2, 0.25) is 0 Å². The first kappa shape index (κ1) is 12.8. The molecular formula is C13H13N3O3. The zero-order chi connectivity index (χ0) is 13.7. The molecule has 2 aromatic rings. The monoisotopic (exact) mass is 259 g/mol. The SMILES string of the molecule is COc1cccc(-c2ccnc(NCC(=O)O)n2)c1. The number of carboxylic acid groups (broad SMARTS) is 1. The third-order valence-electron chi connectivity index (χ3n) is 2.42. The first-order valence-corrected chi connectivity index (χ1v) is 5.62. The smallest absolute Gasteiger partial charge is 0.322 e. The van der Waals surface area contributed by atoms with E-state index in [0.29, 0.717) is 5.69 Å². The summed E-state index contributed by atoms with van der Waals surface area (Å²) in [5.74, 6) is 0.0502. The predicted molar refractivity (Wildman–Crippen MR) is 70.1 cm³/mol. The molecule has 0 fully saturated rings. The molecule has 2 N–H and O–H groups in total. The Labute approximate surface area is 110 Å². The molecule has 0 saturated carbocycles. The molecule has 0 aliphatic heterocycles. The van der Waals surface area contributed by atoms with E-state index in [4.69, 9.17) is 9.84 Å². The van der Waals surface area contributed by atoms with Crippen LogP contribution >= 0.6 is 0 Å². The predicted octanol–water partition coefficient (Wildman–Crippen LogP) is 1.65. The van der Waals surface area contributed by atoms with Crippen molar-refractivity contribution in [1.82, 2.24) is 9.97 Å². The minimum atomic E-state index is -0.963. The van der Waals surface area contributed by atoms with Crippen LogP contribution in [-0.4, -0.2) is 34.7 Å². The fourth-order valence-electron chi connectivity index (χ4n) is 1.54. The van der Waals surface area contributed by atoms with E-state index in [2.05, 4.69) is 15.3 Å². The number of anilines is 1. The maximum atomic E-state index is 10.5. The van der Waals surface area contributed by atoms with Crippen molar-refractivity contribution in [2.24, 2.45) is 0 Å². The van der Waals surface area contributed by atoms with Crippen LogP contribution in [0.4, 0.5) is 5.95 Å². The fraction of sp³-hybridized carbons (Fsp3) is 0.154. The van der Waals surface area contributed by atoms with E-state index in [9.17, 15) is 4.79 Å². The summed E-state index contributed by atoms with van der Waals surface area (Å²) < 4.78 is 5.15. The van der Waals surface area contributed by atoms with Crippen LogP contribution in [0.5, 0.6) is 5.75 Å². The molecule has 1 aromatic carbocycles. The molecule has 6 heteroatoms. The van der Waals surface area contributed by atoms with Gasteiger partial charge in [-0.3, -0.25) is 4.79 Å². The van der Waals surface area contributed by atoms with Crippen molar-refractivity contribution in [2.45, 2.75) is 0 Å². The lowest BCUT2D eigenvalue weighted by molar-refractivity contribution is -0.134. The summed E-state index contributed by atoms with van der Waals surface area (Å²) in [5.41, 5.74) is 1.57. The molecule has 1 aromatic heterocycles. The summed E-state index contributed by atoms with van der Waals surface area (Å²) in [6.45, 7) is -0.221. The van der Waals surface area contributed by atoms with E-state index in [0.717, 1.165) is 11.3 Å². The lowest BCUT2D eigenvalue weighted by atomic mass is 10.1. The number of ether oxygens (including phenoxy) is 1. The molecule has 19 heavy (non-hydrogen) atoms. The van der Waals surface area contributed by atoms with Crippen molar-refractivity contribution in [3.63, 3.8) is 0 Å². The zero-order valence-corrected chi connectivity index (χ0v) is 10.3. The molecule has 0 amide bonds. The van der Waals surface area contributed by atoms with E-state index >= 15 is 0 Å². The van der Waals surface area contributed by atoms with Crippen molar-refractivity contribution in [3.05, 3.63) is 36.5 Å². The number of rotatable bonds is 5. The number of hydrogen-bond donors (Lipinski definition) is 2. The number of carbonyl (C=O) groups is 1. The van der Waals surface area contributed by atoms with Gasteiger partial charge < -0.3 is 15.2 Å². The number of hydrogen-bond acceptors (Lipinski definition) is 5. The lowest BCUT2D eigenvalue weighted by Gasteiger charge is -2.06. The first-order valence-electron chi connectivity index (χ1n) is 5.62. The highest BCUT2D eigenvalue weighted by Crippen LogP contribution is 2.22. The number of aromatic nitrogens is 2. The number of carboxylic acids is 1. The van der Waals surface area contributed by atoms with Crippen LogP contribution < -0.4 is 10.1 Å². The minimum Gasteiger partial charge on any atom is -0.497 e. The Balaban J connectivity index is 2.24. The molecule has 1 heterocycles. The topological polar surface area (TPSA) is 84.3 Å². The summed E-state index contributed by atoms with van der Waals surface area (Å²) in [5, 5.41) is 11.2. The summed E-state index contributed by atoms with van der Waals surface area (Å²) in [4.78, 5) is 18.7. The molecule has 0 aliphatic carbocycles. The third-order valence-corrected chi connectivity index (χ3v) is 2.42. The van der Waals surface area contributed by atoms with Crippen LogP contribution in [0.15, 0.2) is 36.5 Å². The summed E-state index contributed by atoms with van der Waals surface area (Å²) in [7, 11) is 1.60. The van der Waals surface area contributed by atoms with Gasteiger partial charge in [0.1, 0.15) is 12.3 Å². The quantitative estimate of drug-likeness (QED) is 0.849. The van der Waals surface area contributed by atoms with Gasteiger partial charge in [-0.05, 0) is 18.2 Å². The van der Waals surface area contributed by atoms with Gasteiger partial charge in [0.15, 0.2) is 0 Å². The number of nitrogens with zero attached hydrogens (tertiary/aromatic N) is 2. The zero-order valence-electron chi connectivity index (χ0n) is 10.3. The number of benzene rings is 1. The Hall–Kier alpha value is -2.63. The van der Waals surface area contributed by atoms with E-state index in [1.807, 2.05) is 24.3 Å². The molecular weight excluding hydrogens is 246 g/mol. The molecule has 0 bridgehead atoms. The van der Waals surface area contributed by atoms with Crippen molar-refractivity contribution < 1.29 is 14.6 Å². The first-order chi connectivity index (χ1) is 9.19. The second-order valence-corrected chi connectivity index (χ2v) is 3.74. The molecule has 0 atom stereocenters. The standard InChI is InChI=1S/C13H13N3O3/c1-19-10-4-2-3-9(7-10)11-5-6-14-13(16-11)15-8-12(17)18/h2-7H,8H2,1H3,(H,17,18)(H,14,15,16). The fourth-order valence-corrected chi connectivity index (χ4v) is 1.54. The molecule has 6 nitrogen and oxygen atoms in total. The summed E-state index contributed by atoms with van der Waals surface area (Å²) in [6.07, 6.45) is 1.58. The Morgan fingerprint density at radius 3 is 3.00 bits per heavy atom. The van der Waals surface area contributed by atoms with Gasteiger partial charge in [0.05, 0.1) is 12.8 Å². The molecule has 0 saturated heterocycles. The molecule has 0 unspecified atom stereocenters. The number of aliphatic carboxylic acids is 1. The Kier molecular flexibility index (Phi) is 3.92. The van der Waals surface area contributed by atoms with E-state index in [1.165, 1.54) is 0 Å². The van der Waals surface area contributed by atoms with Crippen LogP contribution in [0.25, 0.3) is 11.3 Å².